The number of aromatic nitrogens is 2. The zero-order valence-electron chi connectivity index (χ0n) is 18.9. The lowest BCUT2D eigenvalue weighted by molar-refractivity contribution is -0.121. The Morgan fingerprint density at radius 2 is 1.78 bits per heavy atom. The Bertz CT molecular complexity index is 1090. The average molecular weight is 434 g/mol. The topological polar surface area (TPSA) is 74.5 Å². The van der Waals surface area contributed by atoms with Crippen molar-refractivity contribution in [3.8, 4) is 11.3 Å². The van der Waals surface area contributed by atoms with Gasteiger partial charge >= 0.3 is 0 Å². The predicted octanol–water partition coefficient (Wildman–Crippen LogP) is 3.94. The van der Waals surface area contributed by atoms with E-state index in [2.05, 4.69) is 32.1 Å². The summed E-state index contributed by atoms with van der Waals surface area (Å²) in [6.07, 6.45) is 7.65. The quantitative estimate of drug-likeness (QED) is 0.672. The van der Waals surface area contributed by atoms with E-state index in [-0.39, 0.29) is 11.8 Å². The molecule has 2 aliphatic rings. The molecule has 32 heavy (non-hydrogen) atoms. The van der Waals surface area contributed by atoms with Crippen LogP contribution in [0.15, 0.2) is 41.1 Å². The third-order valence-electron chi connectivity index (χ3n) is 7.00. The van der Waals surface area contributed by atoms with Crippen molar-refractivity contribution in [1.29, 1.82) is 0 Å². The number of benzene rings is 1. The molecule has 1 amide bonds. The van der Waals surface area contributed by atoms with Crippen LogP contribution in [0.5, 0.6) is 0 Å². The van der Waals surface area contributed by atoms with Crippen LogP contribution in [0.4, 0.5) is 5.82 Å². The molecular weight excluding hydrogens is 402 g/mol. The first kappa shape index (κ1) is 21.1. The van der Waals surface area contributed by atoms with Crippen LogP contribution in [0.25, 0.3) is 22.1 Å². The second-order valence-corrected chi connectivity index (χ2v) is 9.21. The Labute approximate surface area is 188 Å². The highest BCUT2D eigenvalue weighted by molar-refractivity contribution is 5.94. The molecule has 1 aromatic carbocycles. The van der Waals surface area contributed by atoms with E-state index in [1.54, 1.807) is 6.20 Å². The van der Waals surface area contributed by atoms with E-state index in [9.17, 15) is 4.79 Å². The van der Waals surface area contributed by atoms with Crippen molar-refractivity contribution >= 4 is 22.5 Å². The van der Waals surface area contributed by atoms with Crippen molar-refractivity contribution in [2.24, 2.45) is 5.92 Å². The molecule has 1 saturated carbocycles. The van der Waals surface area contributed by atoms with Crippen LogP contribution < -0.4 is 5.32 Å². The molecule has 7 nitrogen and oxygen atoms in total. The summed E-state index contributed by atoms with van der Waals surface area (Å²) in [5.74, 6) is 2.15. The largest absolute Gasteiger partial charge is 0.441 e. The number of hydrogen-bond donors (Lipinski definition) is 1. The van der Waals surface area contributed by atoms with E-state index in [0.29, 0.717) is 17.8 Å². The molecule has 1 aliphatic heterocycles. The highest BCUT2D eigenvalue weighted by Crippen LogP contribution is 2.30. The van der Waals surface area contributed by atoms with Crippen molar-refractivity contribution in [3.63, 3.8) is 0 Å². The van der Waals surface area contributed by atoms with E-state index < -0.39 is 0 Å². The summed E-state index contributed by atoms with van der Waals surface area (Å²) in [6, 6.07) is 8.63. The lowest BCUT2D eigenvalue weighted by Gasteiger charge is -2.40. The minimum Gasteiger partial charge on any atom is -0.441 e. The highest BCUT2D eigenvalue weighted by atomic mass is 16.4. The second-order valence-electron chi connectivity index (χ2n) is 9.21. The van der Waals surface area contributed by atoms with E-state index >= 15 is 0 Å². The van der Waals surface area contributed by atoms with Crippen molar-refractivity contribution in [3.05, 3.63) is 42.5 Å². The third kappa shape index (κ3) is 4.54. The van der Waals surface area contributed by atoms with Gasteiger partial charge in [-0.2, -0.15) is 0 Å². The Morgan fingerprint density at radius 1 is 1.00 bits per heavy atom. The van der Waals surface area contributed by atoms with Crippen LogP contribution in [-0.2, 0) is 4.79 Å². The molecule has 3 aromatic rings. The molecule has 7 heteroatoms. The number of oxazole rings is 1. The molecule has 0 spiro atoms. The lowest BCUT2D eigenvalue weighted by Crippen LogP contribution is -2.50. The number of aryl methyl sites for hydroxylation is 1. The number of anilines is 1. The monoisotopic (exact) mass is 433 g/mol. The van der Waals surface area contributed by atoms with Crippen molar-refractivity contribution in [2.75, 3.05) is 38.5 Å². The van der Waals surface area contributed by atoms with Gasteiger partial charge in [0.2, 0.25) is 5.91 Å². The molecule has 168 valence electrons. The Kier molecular flexibility index (Phi) is 5.93. The van der Waals surface area contributed by atoms with Gasteiger partial charge in [0.1, 0.15) is 5.82 Å². The van der Waals surface area contributed by atoms with Crippen molar-refractivity contribution in [2.45, 2.75) is 38.6 Å². The maximum atomic E-state index is 12.9. The molecule has 5 rings (SSSR count). The molecule has 0 unspecified atom stereocenters. The number of fused-ring (bicyclic) bond motifs is 1. The van der Waals surface area contributed by atoms with Gasteiger partial charge in [-0.3, -0.25) is 9.69 Å². The first-order chi connectivity index (χ1) is 15.5. The average Bonchev–Trinajstić information content (AvgIpc) is 3.25. The van der Waals surface area contributed by atoms with Gasteiger partial charge in [0, 0.05) is 62.2 Å². The molecule has 1 N–H and O–H groups in total. The first-order valence-electron chi connectivity index (χ1n) is 11.6. The summed E-state index contributed by atoms with van der Waals surface area (Å²) in [7, 11) is 2.19. The number of hydrogen-bond acceptors (Lipinski definition) is 6. The Morgan fingerprint density at radius 3 is 2.50 bits per heavy atom. The molecule has 1 aliphatic carbocycles. The number of nitrogens with zero attached hydrogens (tertiary/aromatic N) is 4. The summed E-state index contributed by atoms with van der Waals surface area (Å²) in [5, 5.41) is 5.10. The van der Waals surface area contributed by atoms with Gasteiger partial charge in [-0.05, 0) is 50.2 Å². The van der Waals surface area contributed by atoms with Gasteiger partial charge in [0.25, 0.3) is 0 Å². The fourth-order valence-electron chi connectivity index (χ4n) is 4.98. The number of amides is 1. The number of pyridine rings is 1. The molecule has 0 atom stereocenters. The molecule has 1 saturated heterocycles. The van der Waals surface area contributed by atoms with Crippen LogP contribution in [0.1, 0.15) is 31.6 Å². The standard InChI is InChI=1S/C25H31N5O2/c1-17-26-16-23(32-17)19-3-4-20-15-27-24(14-21(20)13-19)28-25(31)18-5-7-22(8-6-18)30-11-9-29(2)10-12-30/h3-4,13-16,18,22H,5-12H2,1-2H3,(H,27,28,31). The first-order valence-corrected chi connectivity index (χ1v) is 11.6. The minimum absolute atomic E-state index is 0.0692. The smallest absolute Gasteiger partial charge is 0.228 e. The van der Waals surface area contributed by atoms with E-state index in [1.807, 2.05) is 37.4 Å². The number of piperazine rings is 1. The van der Waals surface area contributed by atoms with Gasteiger partial charge in [-0.25, -0.2) is 9.97 Å². The third-order valence-corrected chi connectivity index (χ3v) is 7.00. The summed E-state index contributed by atoms with van der Waals surface area (Å²) in [5.41, 5.74) is 0.962. The fraction of sp³-hybridized carbons (Fsp3) is 0.480. The molecule has 0 bridgehead atoms. The van der Waals surface area contributed by atoms with Crippen LogP contribution in [-0.4, -0.2) is 64.9 Å². The summed E-state index contributed by atoms with van der Waals surface area (Å²) in [6.45, 7) is 6.42. The number of carbonyl (C=O) groups is 1. The zero-order chi connectivity index (χ0) is 22.1. The summed E-state index contributed by atoms with van der Waals surface area (Å²) < 4.78 is 5.65. The van der Waals surface area contributed by atoms with Gasteiger partial charge in [0.15, 0.2) is 11.7 Å². The van der Waals surface area contributed by atoms with Gasteiger partial charge in [0.05, 0.1) is 6.20 Å². The van der Waals surface area contributed by atoms with Crippen LogP contribution in [0.2, 0.25) is 0 Å². The summed E-state index contributed by atoms with van der Waals surface area (Å²) >= 11 is 0. The predicted molar refractivity (Wildman–Crippen MR) is 125 cm³/mol. The fourth-order valence-corrected chi connectivity index (χ4v) is 4.98. The maximum Gasteiger partial charge on any atom is 0.228 e. The highest BCUT2D eigenvalue weighted by Gasteiger charge is 2.30. The lowest BCUT2D eigenvalue weighted by atomic mass is 9.84. The zero-order valence-corrected chi connectivity index (χ0v) is 18.9. The van der Waals surface area contributed by atoms with E-state index in [4.69, 9.17) is 4.42 Å². The number of nitrogens with one attached hydrogen (secondary N) is 1. The van der Waals surface area contributed by atoms with Gasteiger partial charge in [-0.1, -0.05) is 12.1 Å². The van der Waals surface area contributed by atoms with Crippen LogP contribution in [0, 0.1) is 12.8 Å². The van der Waals surface area contributed by atoms with Gasteiger partial charge < -0.3 is 14.6 Å². The second kappa shape index (κ2) is 9.00. The number of carbonyl (C=O) groups excluding carboxylic acids is 1. The molecular formula is C25H31N5O2. The van der Waals surface area contributed by atoms with Gasteiger partial charge in [-0.15, -0.1) is 0 Å². The molecule has 2 fully saturated rings. The van der Waals surface area contributed by atoms with Crippen molar-refractivity contribution < 1.29 is 9.21 Å². The summed E-state index contributed by atoms with van der Waals surface area (Å²) in [4.78, 5) is 26.6. The van der Waals surface area contributed by atoms with E-state index in [1.165, 1.54) is 0 Å². The Hall–Kier alpha value is -2.77. The maximum absolute atomic E-state index is 12.9. The SMILES string of the molecule is Cc1ncc(-c2ccc3cnc(NC(=O)C4CCC(N5CCN(C)CC5)CC4)cc3c2)o1. The van der Waals surface area contributed by atoms with Crippen LogP contribution in [0.3, 0.4) is 0 Å². The number of likely N-dealkylation sites (N-methyl/N-ethyl adjacent to an activating group) is 1. The molecule has 0 radical (unpaired) electrons. The molecule has 3 heterocycles. The van der Waals surface area contributed by atoms with Crippen molar-refractivity contribution in [1.82, 2.24) is 19.8 Å². The normalized spacial score (nSPS) is 22.8. The number of rotatable bonds is 4. The van der Waals surface area contributed by atoms with E-state index in [0.717, 1.165) is 74.0 Å². The minimum atomic E-state index is 0.0692. The van der Waals surface area contributed by atoms with Crippen LogP contribution >= 0.6 is 0 Å². The molecule has 2 aromatic heterocycles. The Balaban J connectivity index is 1.22.